The number of benzene rings is 1. The Hall–Kier alpha value is -2.48. The number of hydrogen-bond donors (Lipinski definition) is 2. The van der Waals surface area contributed by atoms with E-state index in [1.165, 1.54) is 16.3 Å². The summed E-state index contributed by atoms with van der Waals surface area (Å²) >= 11 is 1.29. The Morgan fingerprint density at radius 2 is 2.00 bits per heavy atom. The minimum absolute atomic E-state index is 0.0184. The first kappa shape index (κ1) is 16.4. The molecule has 1 fully saturated rings. The van der Waals surface area contributed by atoms with Crippen LogP contribution in [0.15, 0.2) is 38.8 Å². The number of ether oxygens (including phenoxy) is 1. The van der Waals surface area contributed by atoms with Crippen molar-refractivity contribution in [3.63, 3.8) is 0 Å². The number of nitrogen functional groups attached to an aromatic ring is 1. The van der Waals surface area contributed by atoms with Crippen molar-refractivity contribution in [1.82, 2.24) is 9.55 Å². The molecule has 1 aromatic carbocycles. The highest BCUT2D eigenvalue weighted by atomic mass is 32.2. The van der Waals surface area contributed by atoms with Crippen LogP contribution in [-0.4, -0.2) is 28.2 Å². The number of H-pyrrole nitrogens is 1. The first-order chi connectivity index (χ1) is 11.5. The molecule has 7 nitrogen and oxygen atoms in total. The molecule has 1 aliphatic carbocycles. The largest absolute Gasteiger partial charge is 0.497 e. The zero-order valence-electron chi connectivity index (χ0n) is 13.1. The van der Waals surface area contributed by atoms with E-state index in [1.54, 1.807) is 19.2 Å². The Kier molecular flexibility index (Phi) is 4.48. The number of anilines is 1. The Labute approximate surface area is 141 Å². The van der Waals surface area contributed by atoms with Gasteiger partial charge in [-0.3, -0.25) is 19.1 Å². The third-order valence-corrected chi connectivity index (χ3v) is 4.81. The van der Waals surface area contributed by atoms with Crippen molar-refractivity contribution in [2.24, 2.45) is 0 Å². The zero-order valence-corrected chi connectivity index (χ0v) is 13.9. The summed E-state index contributed by atoms with van der Waals surface area (Å²) in [6.45, 7) is 0. The Morgan fingerprint density at radius 1 is 1.33 bits per heavy atom. The number of nitrogens with zero attached hydrogens (tertiary/aromatic N) is 1. The van der Waals surface area contributed by atoms with Gasteiger partial charge in [0.1, 0.15) is 17.1 Å². The van der Waals surface area contributed by atoms with E-state index >= 15 is 0 Å². The van der Waals surface area contributed by atoms with Crippen molar-refractivity contribution >= 4 is 23.4 Å². The van der Waals surface area contributed by atoms with E-state index in [9.17, 15) is 14.4 Å². The molecule has 8 heteroatoms. The van der Waals surface area contributed by atoms with Crippen molar-refractivity contribution in [3.05, 3.63) is 50.7 Å². The first-order valence-corrected chi connectivity index (χ1v) is 8.44. The van der Waals surface area contributed by atoms with Crippen LogP contribution in [0.5, 0.6) is 5.75 Å². The van der Waals surface area contributed by atoms with Gasteiger partial charge in [0.15, 0.2) is 5.78 Å². The van der Waals surface area contributed by atoms with Crippen LogP contribution in [0.2, 0.25) is 0 Å². The van der Waals surface area contributed by atoms with Crippen LogP contribution in [0, 0.1) is 0 Å². The van der Waals surface area contributed by atoms with Crippen LogP contribution in [-0.2, 0) is 0 Å². The van der Waals surface area contributed by atoms with Gasteiger partial charge < -0.3 is 10.5 Å². The fourth-order valence-electron chi connectivity index (χ4n) is 2.42. The highest BCUT2D eigenvalue weighted by Crippen LogP contribution is 2.35. The summed E-state index contributed by atoms with van der Waals surface area (Å²) in [4.78, 5) is 39.3. The molecule has 0 radical (unpaired) electrons. The number of carbonyl (C=O) groups excluding carboxylic acids is 1. The van der Waals surface area contributed by atoms with Crippen molar-refractivity contribution in [2.45, 2.75) is 23.8 Å². The number of methoxy groups -OCH3 is 1. The summed E-state index contributed by atoms with van der Waals surface area (Å²) in [5.74, 6) is 0.348. The van der Waals surface area contributed by atoms with Crippen LogP contribution in [0.4, 0.5) is 5.82 Å². The van der Waals surface area contributed by atoms with E-state index in [4.69, 9.17) is 10.5 Å². The second kappa shape index (κ2) is 6.56. The predicted molar refractivity (Wildman–Crippen MR) is 92.1 cm³/mol. The zero-order chi connectivity index (χ0) is 17.3. The van der Waals surface area contributed by atoms with E-state index in [2.05, 4.69) is 4.98 Å². The van der Waals surface area contributed by atoms with E-state index in [1.807, 2.05) is 12.1 Å². The van der Waals surface area contributed by atoms with Gasteiger partial charge in [0, 0.05) is 10.9 Å². The number of carbonyl (C=O) groups is 1. The number of Topliss-reactive ketones (excluding diaryl/α,β-unsaturated/α-hetero) is 1. The second-order valence-corrected chi connectivity index (χ2v) is 6.56. The third-order valence-electron chi connectivity index (χ3n) is 3.80. The lowest BCUT2D eigenvalue weighted by Crippen LogP contribution is -2.36. The molecule has 126 valence electrons. The fraction of sp³-hybridized carbons (Fsp3) is 0.312. The SMILES string of the molecule is COc1ccc(SCC(=O)c2c(N)n(C3CC3)c(=O)[nH]c2=O)cc1. The first-order valence-electron chi connectivity index (χ1n) is 7.45. The van der Waals surface area contributed by atoms with Crippen LogP contribution in [0.3, 0.4) is 0 Å². The maximum atomic E-state index is 12.4. The summed E-state index contributed by atoms with van der Waals surface area (Å²) in [6.07, 6.45) is 1.65. The summed E-state index contributed by atoms with van der Waals surface area (Å²) in [6, 6.07) is 7.23. The number of hydrogen-bond acceptors (Lipinski definition) is 6. The fourth-order valence-corrected chi connectivity index (χ4v) is 3.19. The minimum atomic E-state index is -0.727. The van der Waals surface area contributed by atoms with Crippen LogP contribution < -0.4 is 21.7 Å². The van der Waals surface area contributed by atoms with Crippen molar-refractivity contribution in [1.29, 1.82) is 0 Å². The number of ketones is 1. The van der Waals surface area contributed by atoms with Gasteiger partial charge in [-0.2, -0.15) is 0 Å². The molecule has 24 heavy (non-hydrogen) atoms. The molecular weight excluding hydrogens is 330 g/mol. The lowest BCUT2D eigenvalue weighted by molar-refractivity contribution is 0.102. The maximum absolute atomic E-state index is 12.4. The van der Waals surface area contributed by atoms with Crippen molar-refractivity contribution in [2.75, 3.05) is 18.6 Å². The number of aromatic nitrogens is 2. The number of nitrogens with one attached hydrogen (secondary N) is 1. The van der Waals surface area contributed by atoms with Crippen LogP contribution in [0.1, 0.15) is 29.2 Å². The lowest BCUT2D eigenvalue weighted by Gasteiger charge is -2.11. The predicted octanol–water partition coefficient (Wildman–Crippen LogP) is 1.44. The van der Waals surface area contributed by atoms with Gasteiger partial charge in [-0.1, -0.05) is 0 Å². The van der Waals surface area contributed by atoms with Gasteiger partial charge in [-0.15, -0.1) is 11.8 Å². The summed E-state index contributed by atoms with van der Waals surface area (Å²) in [5, 5.41) is 0. The average Bonchev–Trinajstić information content (AvgIpc) is 3.37. The third kappa shape index (κ3) is 3.23. The topological polar surface area (TPSA) is 107 Å². The number of nitrogens with two attached hydrogens (primary N) is 1. The highest BCUT2D eigenvalue weighted by molar-refractivity contribution is 8.00. The van der Waals surface area contributed by atoms with Gasteiger partial charge in [-0.05, 0) is 37.1 Å². The number of aromatic amines is 1. The molecule has 3 N–H and O–H groups in total. The van der Waals surface area contributed by atoms with Gasteiger partial charge in [0.2, 0.25) is 0 Å². The van der Waals surface area contributed by atoms with Crippen LogP contribution >= 0.6 is 11.8 Å². The molecule has 2 aromatic rings. The molecular formula is C16H17N3O4S. The van der Waals surface area contributed by atoms with Crippen molar-refractivity contribution < 1.29 is 9.53 Å². The molecule has 3 rings (SSSR count). The molecule has 0 unspecified atom stereocenters. The summed E-state index contributed by atoms with van der Waals surface area (Å²) in [5.41, 5.74) is 4.51. The molecule has 0 atom stereocenters. The monoisotopic (exact) mass is 347 g/mol. The molecule has 0 aliphatic heterocycles. The second-order valence-electron chi connectivity index (χ2n) is 5.51. The van der Waals surface area contributed by atoms with Gasteiger partial charge >= 0.3 is 5.69 Å². The normalized spacial score (nSPS) is 13.7. The van der Waals surface area contributed by atoms with E-state index in [0.717, 1.165) is 23.5 Å². The molecule has 0 saturated heterocycles. The standard InChI is InChI=1S/C16H17N3O4S/c1-23-10-4-6-11(7-5-10)24-8-12(20)13-14(17)19(9-2-3-9)16(22)18-15(13)21/h4-7,9H,2-3,8,17H2,1H3,(H,18,21,22). The minimum Gasteiger partial charge on any atom is -0.497 e. The molecule has 1 heterocycles. The Balaban J connectivity index is 1.80. The van der Waals surface area contributed by atoms with E-state index in [0.29, 0.717) is 0 Å². The summed E-state index contributed by atoms with van der Waals surface area (Å²) in [7, 11) is 1.58. The molecule has 1 saturated carbocycles. The highest BCUT2D eigenvalue weighted by Gasteiger charge is 2.29. The lowest BCUT2D eigenvalue weighted by atomic mass is 10.2. The van der Waals surface area contributed by atoms with Gasteiger partial charge in [0.25, 0.3) is 5.56 Å². The molecule has 1 aliphatic rings. The average molecular weight is 347 g/mol. The molecule has 1 aromatic heterocycles. The van der Waals surface area contributed by atoms with Crippen LogP contribution in [0.25, 0.3) is 0 Å². The number of rotatable bonds is 6. The maximum Gasteiger partial charge on any atom is 0.330 e. The van der Waals surface area contributed by atoms with Crippen molar-refractivity contribution in [3.8, 4) is 5.75 Å². The molecule has 0 spiro atoms. The molecule has 0 amide bonds. The van der Waals surface area contributed by atoms with E-state index < -0.39 is 17.0 Å². The molecule has 0 bridgehead atoms. The summed E-state index contributed by atoms with van der Waals surface area (Å²) < 4.78 is 6.39. The van der Waals surface area contributed by atoms with Gasteiger partial charge in [0.05, 0.1) is 12.9 Å². The number of thioether (sulfide) groups is 1. The van der Waals surface area contributed by atoms with Gasteiger partial charge in [-0.25, -0.2) is 4.79 Å². The van der Waals surface area contributed by atoms with E-state index in [-0.39, 0.29) is 23.2 Å². The Bertz CT molecular complexity index is 882. The smallest absolute Gasteiger partial charge is 0.330 e. The Morgan fingerprint density at radius 3 is 2.58 bits per heavy atom. The quantitative estimate of drug-likeness (QED) is 0.605.